The van der Waals surface area contributed by atoms with Crippen LogP contribution in [0.3, 0.4) is 0 Å². The summed E-state index contributed by atoms with van der Waals surface area (Å²) in [6.07, 6.45) is -6.16. The number of halogens is 3. The van der Waals surface area contributed by atoms with Crippen molar-refractivity contribution < 1.29 is 32.7 Å². The number of benzene rings is 2. The number of fused-ring (bicyclic) bond motifs is 1. The highest BCUT2D eigenvalue weighted by atomic mass is 19.4. The molecule has 1 aliphatic heterocycles. The van der Waals surface area contributed by atoms with Gasteiger partial charge in [0, 0.05) is 31.7 Å². The summed E-state index contributed by atoms with van der Waals surface area (Å²) in [5.74, 6) is -2.83. The van der Waals surface area contributed by atoms with Crippen molar-refractivity contribution in [1.82, 2.24) is 14.7 Å². The Morgan fingerprint density at radius 3 is 2.30 bits per heavy atom. The summed E-state index contributed by atoms with van der Waals surface area (Å²) in [6.45, 7) is 1.77. The van der Waals surface area contributed by atoms with E-state index in [1.54, 1.807) is 25.1 Å². The minimum absolute atomic E-state index is 0.112. The third-order valence-corrected chi connectivity index (χ3v) is 6.38. The molecule has 2 aromatic rings. The van der Waals surface area contributed by atoms with Gasteiger partial charge < -0.3 is 19.8 Å². The molecule has 1 heterocycles. The standard InChI is InChI=1S/C26H31F3N4O4/c1-18-23-20(12-13-32(18)25(36)37)10-7-11-21(23)33(24(35)26(27,28)29)17-22(34)31(15-14-30(2)3)16-19-8-5-4-6-9-19/h4-11,18H,12-17H2,1-3H3,(H,36,37). The van der Waals surface area contributed by atoms with E-state index in [0.717, 1.165) is 10.5 Å². The lowest BCUT2D eigenvalue weighted by Crippen LogP contribution is -2.49. The molecule has 0 saturated carbocycles. The summed E-state index contributed by atoms with van der Waals surface area (Å²) < 4.78 is 41.2. The van der Waals surface area contributed by atoms with E-state index < -0.39 is 36.7 Å². The molecule has 3 amide bonds. The Hall–Kier alpha value is -3.60. The number of hydrogen-bond donors (Lipinski definition) is 1. The van der Waals surface area contributed by atoms with E-state index in [1.165, 1.54) is 17.0 Å². The van der Waals surface area contributed by atoms with Crippen molar-refractivity contribution in [2.75, 3.05) is 45.2 Å². The molecule has 200 valence electrons. The molecule has 3 rings (SSSR count). The number of carbonyl (C=O) groups is 3. The molecule has 0 aromatic heterocycles. The third-order valence-electron chi connectivity index (χ3n) is 6.38. The van der Waals surface area contributed by atoms with Gasteiger partial charge >= 0.3 is 18.2 Å². The van der Waals surface area contributed by atoms with Crippen LogP contribution in [0, 0.1) is 0 Å². The van der Waals surface area contributed by atoms with Gasteiger partial charge in [-0.2, -0.15) is 13.2 Å². The Balaban J connectivity index is 2.00. The maximum Gasteiger partial charge on any atom is 0.471 e. The van der Waals surface area contributed by atoms with Gasteiger partial charge in [-0.3, -0.25) is 14.5 Å². The van der Waals surface area contributed by atoms with E-state index in [4.69, 9.17) is 0 Å². The van der Waals surface area contributed by atoms with Gasteiger partial charge in [-0.15, -0.1) is 0 Å². The van der Waals surface area contributed by atoms with Crippen LogP contribution in [0.15, 0.2) is 48.5 Å². The summed E-state index contributed by atoms with van der Waals surface area (Å²) in [6, 6.07) is 12.8. The Labute approximate surface area is 213 Å². The van der Waals surface area contributed by atoms with Crippen molar-refractivity contribution in [3.63, 3.8) is 0 Å². The minimum atomic E-state index is -5.23. The van der Waals surface area contributed by atoms with E-state index in [-0.39, 0.29) is 31.7 Å². The summed E-state index contributed by atoms with van der Waals surface area (Å²) in [5, 5.41) is 9.57. The second-order valence-electron chi connectivity index (χ2n) is 9.25. The molecule has 0 spiro atoms. The average molecular weight is 521 g/mol. The lowest BCUT2D eigenvalue weighted by molar-refractivity contribution is -0.170. The zero-order valence-corrected chi connectivity index (χ0v) is 21.0. The number of amides is 3. The summed E-state index contributed by atoms with van der Waals surface area (Å²) in [5.41, 5.74) is 1.62. The fourth-order valence-corrected chi connectivity index (χ4v) is 4.46. The van der Waals surface area contributed by atoms with Gasteiger partial charge in [-0.25, -0.2) is 4.79 Å². The first-order chi connectivity index (χ1) is 17.4. The number of carbonyl (C=O) groups excluding carboxylic acids is 2. The molecular formula is C26H31F3N4O4. The van der Waals surface area contributed by atoms with Crippen LogP contribution in [0.1, 0.15) is 29.7 Å². The molecule has 2 aromatic carbocycles. The Morgan fingerprint density at radius 1 is 1.03 bits per heavy atom. The van der Waals surface area contributed by atoms with Crippen molar-refractivity contribution in [3.8, 4) is 0 Å². The van der Waals surface area contributed by atoms with Gasteiger partial charge in [-0.05, 0) is 44.6 Å². The molecule has 0 saturated heterocycles. The van der Waals surface area contributed by atoms with Gasteiger partial charge in [0.25, 0.3) is 0 Å². The van der Waals surface area contributed by atoms with Crippen molar-refractivity contribution in [3.05, 3.63) is 65.2 Å². The molecule has 1 atom stereocenters. The highest BCUT2D eigenvalue weighted by Crippen LogP contribution is 2.38. The molecule has 8 nitrogen and oxygen atoms in total. The monoisotopic (exact) mass is 520 g/mol. The molecule has 0 aliphatic carbocycles. The predicted molar refractivity (Wildman–Crippen MR) is 132 cm³/mol. The number of alkyl halides is 3. The van der Waals surface area contributed by atoms with Crippen LogP contribution >= 0.6 is 0 Å². The molecule has 1 aliphatic rings. The van der Waals surface area contributed by atoms with Crippen molar-refractivity contribution in [2.24, 2.45) is 0 Å². The molecule has 37 heavy (non-hydrogen) atoms. The van der Waals surface area contributed by atoms with Gasteiger partial charge in [0.2, 0.25) is 5.91 Å². The smallest absolute Gasteiger partial charge is 0.465 e. The first-order valence-corrected chi connectivity index (χ1v) is 11.9. The van der Waals surface area contributed by atoms with Crippen LogP contribution in [-0.2, 0) is 22.6 Å². The van der Waals surface area contributed by atoms with Crippen molar-refractivity contribution >= 4 is 23.6 Å². The lowest BCUT2D eigenvalue weighted by Gasteiger charge is -2.37. The highest BCUT2D eigenvalue weighted by Gasteiger charge is 2.45. The van der Waals surface area contributed by atoms with Crippen LogP contribution < -0.4 is 4.90 Å². The number of hydrogen-bond acceptors (Lipinski definition) is 4. The van der Waals surface area contributed by atoms with Gasteiger partial charge in [0.15, 0.2) is 0 Å². The number of anilines is 1. The maximum absolute atomic E-state index is 13.7. The Bertz CT molecular complexity index is 1120. The molecule has 1 N–H and O–H groups in total. The molecule has 0 fully saturated rings. The number of likely N-dealkylation sites (N-methyl/N-ethyl adjacent to an activating group) is 1. The van der Waals surface area contributed by atoms with Crippen LogP contribution in [0.2, 0.25) is 0 Å². The average Bonchev–Trinajstić information content (AvgIpc) is 2.84. The van der Waals surface area contributed by atoms with Crippen molar-refractivity contribution in [1.29, 1.82) is 0 Å². The largest absolute Gasteiger partial charge is 0.471 e. The van der Waals surface area contributed by atoms with Crippen LogP contribution in [0.5, 0.6) is 0 Å². The second-order valence-corrected chi connectivity index (χ2v) is 9.25. The van der Waals surface area contributed by atoms with Gasteiger partial charge in [0.05, 0.1) is 11.7 Å². The normalized spacial score (nSPS) is 15.3. The molecule has 11 heteroatoms. The minimum Gasteiger partial charge on any atom is -0.465 e. The number of nitrogens with zero attached hydrogens (tertiary/aromatic N) is 4. The maximum atomic E-state index is 13.7. The Kier molecular flexibility index (Phi) is 8.80. The Morgan fingerprint density at radius 2 is 1.70 bits per heavy atom. The second kappa shape index (κ2) is 11.6. The van der Waals surface area contributed by atoms with Gasteiger partial charge in [0.1, 0.15) is 6.54 Å². The first kappa shape index (κ1) is 28.0. The highest BCUT2D eigenvalue weighted by molar-refractivity contribution is 6.02. The van der Waals surface area contributed by atoms with E-state index in [0.29, 0.717) is 22.6 Å². The molecule has 0 bridgehead atoms. The number of rotatable bonds is 8. The van der Waals surface area contributed by atoms with Gasteiger partial charge in [-0.1, -0.05) is 42.5 Å². The van der Waals surface area contributed by atoms with E-state index in [9.17, 15) is 32.7 Å². The fraction of sp³-hybridized carbons (Fsp3) is 0.423. The van der Waals surface area contributed by atoms with Crippen molar-refractivity contribution in [2.45, 2.75) is 32.1 Å². The summed E-state index contributed by atoms with van der Waals surface area (Å²) >= 11 is 0. The SMILES string of the molecule is CC1c2c(cccc2N(CC(=O)N(CCN(C)C)Cc2ccccc2)C(=O)C(F)(F)F)CCN1C(=O)O. The van der Waals surface area contributed by atoms with Crippen LogP contribution in [0.4, 0.5) is 23.7 Å². The summed E-state index contributed by atoms with van der Waals surface area (Å²) in [7, 11) is 3.63. The molecule has 0 radical (unpaired) electrons. The van der Waals surface area contributed by atoms with E-state index in [2.05, 4.69) is 0 Å². The zero-order chi connectivity index (χ0) is 27.3. The quantitative estimate of drug-likeness (QED) is 0.573. The topological polar surface area (TPSA) is 84.4 Å². The van der Waals surface area contributed by atoms with Crippen LogP contribution in [-0.4, -0.2) is 84.2 Å². The third kappa shape index (κ3) is 6.79. The van der Waals surface area contributed by atoms with E-state index >= 15 is 0 Å². The van der Waals surface area contributed by atoms with Crippen LogP contribution in [0.25, 0.3) is 0 Å². The van der Waals surface area contributed by atoms with E-state index in [1.807, 2.05) is 37.2 Å². The number of carboxylic acid groups (broad SMARTS) is 1. The lowest BCUT2D eigenvalue weighted by atomic mass is 9.91. The fourth-order valence-electron chi connectivity index (χ4n) is 4.46. The molecule has 1 unspecified atom stereocenters. The zero-order valence-electron chi connectivity index (χ0n) is 21.0. The summed E-state index contributed by atoms with van der Waals surface area (Å²) in [4.78, 5) is 42.6. The predicted octanol–water partition coefficient (Wildman–Crippen LogP) is 3.77. The molecular weight excluding hydrogens is 489 g/mol. The first-order valence-electron chi connectivity index (χ1n) is 11.9.